The maximum absolute atomic E-state index is 12.9. The molecule has 4 heterocycles. The number of aromatic nitrogens is 2. The monoisotopic (exact) mass is 464 g/mol. The third-order valence-electron chi connectivity index (χ3n) is 8.58. The molecule has 0 radical (unpaired) electrons. The van der Waals surface area contributed by atoms with Gasteiger partial charge in [-0.25, -0.2) is 9.78 Å². The van der Waals surface area contributed by atoms with E-state index in [2.05, 4.69) is 38.8 Å². The van der Waals surface area contributed by atoms with Crippen molar-refractivity contribution in [2.24, 2.45) is 11.3 Å². The summed E-state index contributed by atoms with van der Waals surface area (Å²) in [6, 6.07) is 0.782. The SMILES string of the molecule is Cc1cncc(N2CCC(N3CCC4(CCN(C(=O)N(C)C)C5=C4CC(C)C=C5)CC3)CC2)n1. The number of nitrogens with zero attached hydrogens (tertiary/aromatic N) is 6. The highest BCUT2D eigenvalue weighted by Crippen LogP contribution is 2.51. The van der Waals surface area contributed by atoms with Crippen molar-refractivity contribution in [1.29, 1.82) is 0 Å². The Balaban J connectivity index is 1.25. The van der Waals surface area contributed by atoms with Gasteiger partial charge in [-0.3, -0.25) is 9.88 Å². The molecular formula is C27H40N6O. The zero-order valence-corrected chi connectivity index (χ0v) is 21.3. The molecule has 1 aromatic rings. The van der Waals surface area contributed by atoms with Crippen molar-refractivity contribution in [3.8, 4) is 0 Å². The molecule has 7 nitrogen and oxygen atoms in total. The molecule has 34 heavy (non-hydrogen) atoms. The van der Waals surface area contributed by atoms with Crippen molar-refractivity contribution in [3.63, 3.8) is 0 Å². The lowest BCUT2D eigenvalue weighted by molar-refractivity contribution is 0.0611. The number of rotatable bonds is 2. The lowest BCUT2D eigenvalue weighted by Crippen LogP contribution is -2.53. The number of carbonyl (C=O) groups excluding carboxylic acids is 1. The molecule has 0 aromatic carbocycles. The van der Waals surface area contributed by atoms with Crippen LogP contribution in [0, 0.1) is 18.3 Å². The van der Waals surface area contributed by atoms with Crippen LogP contribution in [0.3, 0.4) is 0 Å². The maximum atomic E-state index is 12.9. The van der Waals surface area contributed by atoms with Crippen LogP contribution in [0.4, 0.5) is 10.6 Å². The number of fused-ring (bicyclic) bond motifs is 1. The van der Waals surface area contributed by atoms with Crippen LogP contribution in [0.2, 0.25) is 0 Å². The van der Waals surface area contributed by atoms with E-state index in [1.54, 1.807) is 10.5 Å². The van der Waals surface area contributed by atoms with Crippen molar-refractivity contribution >= 4 is 11.8 Å². The van der Waals surface area contributed by atoms with E-state index in [-0.39, 0.29) is 11.4 Å². The first-order valence-corrected chi connectivity index (χ1v) is 13.0. The minimum absolute atomic E-state index is 0.115. The fourth-order valence-electron chi connectivity index (χ4n) is 6.56. The largest absolute Gasteiger partial charge is 0.355 e. The van der Waals surface area contributed by atoms with Gasteiger partial charge in [0.2, 0.25) is 0 Å². The molecule has 4 aliphatic rings. The number of carbonyl (C=O) groups is 1. The van der Waals surface area contributed by atoms with Crippen molar-refractivity contribution in [3.05, 3.63) is 41.5 Å². The third-order valence-corrected chi connectivity index (χ3v) is 8.58. The summed E-state index contributed by atoms with van der Waals surface area (Å²) in [5.74, 6) is 1.58. The number of hydrogen-bond donors (Lipinski definition) is 0. The second kappa shape index (κ2) is 9.33. The standard InChI is InChI=1S/C27H40N6O/c1-20-5-6-24-23(17-20)27(11-16-33(24)26(34)30(3)4)9-14-31(15-10-27)22-7-12-32(13-8-22)25-19-28-18-21(2)29-25/h5-6,18-20,22H,7-17H2,1-4H3. The Kier molecular flexibility index (Phi) is 6.40. The van der Waals surface area contributed by atoms with Gasteiger partial charge in [-0.2, -0.15) is 0 Å². The van der Waals surface area contributed by atoms with E-state index in [4.69, 9.17) is 0 Å². The van der Waals surface area contributed by atoms with Gasteiger partial charge in [0.1, 0.15) is 5.82 Å². The van der Waals surface area contributed by atoms with Crippen molar-refractivity contribution < 1.29 is 4.79 Å². The Bertz CT molecular complexity index is 969. The number of piperidine rings is 2. The minimum atomic E-state index is 0.115. The number of urea groups is 1. The average molecular weight is 465 g/mol. The molecule has 1 atom stereocenters. The summed E-state index contributed by atoms with van der Waals surface area (Å²) < 4.78 is 0. The van der Waals surface area contributed by atoms with Crippen molar-refractivity contribution in [1.82, 2.24) is 24.7 Å². The second-order valence-corrected chi connectivity index (χ2v) is 11.0. The molecule has 0 N–H and O–H groups in total. The Morgan fingerprint density at radius 2 is 1.76 bits per heavy atom. The number of aryl methyl sites for hydroxylation is 1. The second-order valence-electron chi connectivity index (χ2n) is 11.0. The summed E-state index contributed by atoms with van der Waals surface area (Å²) in [5.41, 5.74) is 4.01. The summed E-state index contributed by atoms with van der Waals surface area (Å²) in [4.78, 5) is 30.8. The summed E-state index contributed by atoms with van der Waals surface area (Å²) >= 11 is 0. The van der Waals surface area contributed by atoms with E-state index in [1.165, 1.54) is 44.5 Å². The summed E-state index contributed by atoms with van der Waals surface area (Å²) in [6.07, 6.45) is 15.3. The average Bonchev–Trinajstić information content (AvgIpc) is 2.85. The normalized spacial score (nSPS) is 25.6. The van der Waals surface area contributed by atoms with Gasteiger partial charge in [-0.05, 0) is 81.5 Å². The van der Waals surface area contributed by atoms with Gasteiger partial charge < -0.3 is 14.7 Å². The summed E-state index contributed by atoms with van der Waals surface area (Å²) in [5, 5.41) is 0. The molecule has 7 heteroatoms. The topological polar surface area (TPSA) is 55.8 Å². The Morgan fingerprint density at radius 1 is 1.06 bits per heavy atom. The van der Waals surface area contributed by atoms with E-state index in [9.17, 15) is 4.79 Å². The fourth-order valence-corrected chi connectivity index (χ4v) is 6.56. The maximum Gasteiger partial charge on any atom is 0.323 e. The Labute approximate surface area is 204 Å². The van der Waals surface area contributed by atoms with Crippen molar-refractivity contribution in [2.75, 3.05) is 51.7 Å². The van der Waals surface area contributed by atoms with Crippen LogP contribution in [-0.4, -0.2) is 83.6 Å². The van der Waals surface area contributed by atoms with Crippen LogP contribution in [0.1, 0.15) is 51.1 Å². The van der Waals surface area contributed by atoms with E-state index < -0.39 is 0 Å². The molecule has 1 spiro atoms. The molecule has 2 saturated heterocycles. The zero-order valence-electron chi connectivity index (χ0n) is 21.3. The van der Waals surface area contributed by atoms with Gasteiger partial charge in [0.25, 0.3) is 0 Å². The molecular weight excluding hydrogens is 424 g/mol. The van der Waals surface area contributed by atoms with Crippen LogP contribution in [0.25, 0.3) is 0 Å². The molecule has 1 aliphatic carbocycles. The molecule has 2 amide bonds. The number of amides is 2. The molecule has 0 saturated carbocycles. The zero-order chi connectivity index (χ0) is 23.9. The highest BCUT2D eigenvalue weighted by Gasteiger charge is 2.45. The first-order valence-electron chi connectivity index (χ1n) is 13.0. The molecule has 0 bridgehead atoms. The number of anilines is 1. The van der Waals surface area contributed by atoms with Crippen LogP contribution in [0.5, 0.6) is 0 Å². The van der Waals surface area contributed by atoms with Gasteiger partial charge >= 0.3 is 6.03 Å². The molecule has 5 rings (SSSR count). The minimum Gasteiger partial charge on any atom is -0.355 e. The van der Waals surface area contributed by atoms with Crippen LogP contribution in [-0.2, 0) is 0 Å². The predicted molar refractivity (Wildman–Crippen MR) is 136 cm³/mol. The van der Waals surface area contributed by atoms with Crippen molar-refractivity contribution in [2.45, 2.75) is 58.4 Å². The van der Waals surface area contributed by atoms with Gasteiger partial charge in [0.05, 0.1) is 11.9 Å². The Hall–Kier alpha value is -2.41. The smallest absolute Gasteiger partial charge is 0.323 e. The van der Waals surface area contributed by atoms with Crippen LogP contribution < -0.4 is 4.90 Å². The molecule has 2 fully saturated rings. The van der Waals surface area contributed by atoms with Gasteiger partial charge in [0.15, 0.2) is 0 Å². The van der Waals surface area contributed by atoms with Gasteiger partial charge in [-0.1, -0.05) is 13.0 Å². The predicted octanol–water partition coefficient (Wildman–Crippen LogP) is 4.07. The fraction of sp³-hybridized carbons (Fsp3) is 0.667. The lowest BCUT2D eigenvalue weighted by Gasteiger charge is -2.52. The number of hydrogen-bond acceptors (Lipinski definition) is 5. The highest BCUT2D eigenvalue weighted by atomic mass is 16.2. The quantitative estimate of drug-likeness (QED) is 0.660. The van der Waals surface area contributed by atoms with E-state index in [1.807, 2.05) is 38.3 Å². The number of allylic oxidation sites excluding steroid dienone is 3. The molecule has 3 aliphatic heterocycles. The van der Waals surface area contributed by atoms with Gasteiger partial charge in [0, 0.05) is 51.7 Å². The van der Waals surface area contributed by atoms with Gasteiger partial charge in [-0.15, -0.1) is 0 Å². The lowest BCUT2D eigenvalue weighted by atomic mass is 9.64. The van der Waals surface area contributed by atoms with Crippen LogP contribution >= 0.6 is 0 Å². The van der Waals surface area contributed by atoms with E-state index >= 15 is 0 Å². The first kappa shape index (κ1) is 23.3. The first-order chi connectivity index (χ1) is 16.4. The summed E-state index contributed by atoms with van der Waals surface area (Å²) in [6.45, 7) is 9.62. The molecule has 184 valence electrons. The molecule has 1 aromatic heterocycles. The summed E-state index contributed by atoms with van der Waals surface area (Å²) in [7, 11) is 3.72. The molecule has 1 unspecified atom stereocenters. The Morgan fingerprint density at radius 3 is 2.44 bits per heavy atom. The third kappa shape index (κ3) is 4.35. The highest BCUT2D eigenvalue weighted by molar-refractivity contribution is 5.77. The van der Waals surface area contributed by atoms with E-state index in [0.29, 0.717) is 12.0 Å². The van der Waals surface area contributed by atoms with E-state index in [0.717, 1.165) is 44.0 Å². The van der Waals surface area contributed by atoms with Crippen LogP contribution in [0.15, 0.2) is 35.8 Å². The number of likely N-dealkylation sites (tertiary alicyclic amines) is 1.